The monoisotopic (exact) mass is 316 g/mol. The minimum absolute atomic E-state index is 0.231. The van der Waals surface area contributed by atoms with Crippen LogP contribution in [0.15, 0.2) is 23.3 Å². The summed E-state index contributed by atoms with van der Waals surface area (Å²) in [7, 11) is 1.80. The topological polar surface area (TPSA) is 89.9 Å². The second kappa shape index (κ2) is 5.86. The second-order valence-corrected chi connectivity index (χ2v) is 5.35. The molecule has 1 aromatic rings. The van der Waals surface area contributed by atoms with E-state index in [0.29, 0.717) is 18.9 Å². The number of amidine groups is 1. The summed E-state index contributed by atoms with van der Waals surface area (Å²) in [6, 6.07) is 2.90. The lowest BCUT2D eigenvalue weighted by molar-refractivity contribution is -0.134. The van der Waals surface area contributed by atoms with Crippen molar-refractivity contribution in [1.29, 1.82) is 0 Å². The number of pyridine rings is 1. The first-order chi connectivity index (χ1) is 11.1. The molecule has 0 aromatic carbocycles. The van der Waals surface area contributed by atoms with E-state index in [2.05, 4.69) is 20.6 Å². The van der Waals surface area contributed by atoms with Crippen molar-refractivity contribution in [3.8, 4) is 0 Å². The Labute approximate surface area is 134 Å². The van der Waals surface area contributed by atoms with Gasteiger partial charge in [-0.3, -0.25) is 14.6 Å². The summed E-state index contributed by atoms with van der Waals surface area (Å²) < 4.78 is 0. The molecule has 8 nitrogen and oxygen atoms in total. The highest BCUT2D eigenvalue weighted by Gasteiger charge is 2.48. The highest BCUT2D eigenvalue weighted by Crippen LogP contribution is 2.24. The molecule has 2 atom stereocenters. The Hall–Kier alpha value is -2.64. The molecule has 2 aliphatic rings. The van der Waals surface area contributed by atoms with Gasteiger partial charge in [0.05, 0.1) is 0 Å². The van der Waals surface area contributed by atoms with Crippen LogP contribution >= 0.6 is 0 Å². The van der Waals surface area contributed by atoms with Gasteiger partial charge in [-0.25, -0.2) is 14.8 Å². The number of fused-ring (bicyclic) bond motifs is 1. The number of urea groups is 1. The molecule has 0 bridgehead atoms. The fourth-order valence-corrected chi connectivity index (χ4v) is 2.89. The van der Waals surface area contributed by atoms with Crippen molar-refractivity contribution in [1.82, 2.24) is 20.1 Å². The number of likely N-dealkylation sites (N-methyl/N-ethyl adjacent to an activating group) is 2. The maximum absolute atomic E-state index is 12.5. The van der Waals surface area contributed by atoms with Gasteiger partial charge in [0.15, 0.2) is 6.17 Å². The predicted molar refractivity (Wildman–Crippen MR) is 86.2 cm³/mol. The molecule has 8 heteroatoms. The Morgan fingerprint density at radius 3 is 2.61 bits per heavy atom. The van der Waals surface area contributed by atoms with Gasteiger partial charge >= 0.3 is 6.03 Å². The van der Waals surface area contributed by atoms with E-state index in [1.807, 2.05) is 19.1 Å². The zero-order valence-corrected chi connectivity index (χ0v) is 13.4. The van der Waals surface area contributed by atoms with Gasteiger partial charge < -0.3 is 10.6 Å². The number of imide groups is 1. The van der Waals surface area contributed by atoms with E-state index in [4.69, 9.17) is 0 Å². The highest BCUT2D eigenvalue weighted by atomic mass is 16.2. The van der Waals surface area contributed by atoms with Crippen LogP contribution in [0, 0.1) is 0 Å². The molecular weight excluding hydrogens is 296 g/mol. The Morgan fingerprint density at radius 2 is 2.04 bits per heavy atom. The summed E-state index contributed by atoms with van der Waals surface area (Å²) in [6.45, 7) is 4.53. The van der Waals surface area contributed by atoms with E-state index in [0.717, 1.165) is 11.4 Å². The van der Waals surface area contributed by atoms with Gasteiger partial charge in [0.2, 0.25) is 0 Å². The third kappa shape index (κ3) is 2.39. The second-order valence-electron chi connectivity index (χ2n) is 5.35. The normalized spacial score (nSPS) is 23.5. The summed E-state index contributed by atoms with van der Waals surface area (Å²) in [5.41, 5.74) is 0.790. The average Bonchev–Trinajstić information content (AvgIpc) is 3.01. The summed E-state index contributed by atoms with van der Waals surface area (Å²) in [4.78, 5) is 36.6. The Morgan fingerprint density at radius 1 is 1.26 bits per heavy atom. The lowest BCUT2D eigenvalue weighted by Crippen LogP contribution is -2.65. The fourth-order valence-electron chi connectivity index (χ4n) is 2.89. The number of carbonyl (C=O) groups is 2. The third-order valence-corrected chi connectivity index (χ3v) is 4.13. The smallest absolute Gasteiger partial charge is 0.328 e. The quantitative estimate of drug-likeness (QED) is 0.843. The van der Waals surface area contributed by atoms with E-state index in [1.165, 1.54) is 4.90 Å². The van der Waals surface area contributed by atoms with Gasteiger partial charge in [-0.15, -0.1) is 0 Å². The van der Waals surface area contributed by atoms with Crippen LogP contribution in [0.25, 0.3) is 0 Å². The highest BCUT2D eigenvalue weighted by molar-refractivity contribution is 6.08. The molecule has 122 valence electrons. The van der Waals surface area contributed by atoms with Crippen molar-refractivity contribution < 1.29 is 9.59 Å². The van der Waals surface area contributed by atoms with Gasteiger partial charge in [-0.1, -0.05) is 0 Å². The molecule has 3 rings (SSSR count). The number of carbonyl (C=O) groups excluding carboxylic acids is 2. The van der Waals surface area contributed by atoms with Crippen LogP contribution in [0.2, 0.25) is 0 Å². The first-order valence-electron chi connectivity index (χ1n) is 7.71. The molecule has 2 unspecified atom stereocenters. The van der Waals surface area contributed by atoms with Crippen molar-refractivity contribution in [2.75, 3.05) is 25.5 Å². The van der Waals surface area contributed by atoms with Crippen LogP contribution in [0.4, 0.5) is 10.6 Å². The molecule has 0 saturated carbocycles. The van der Waals surface area contributed by atoms with Crippen LogP contribution < -0.4 is 10.6 Å². The zero-order valence-electron chi connectivity index (χ0n) is 13.4. The Kier molecular flexibility index (Phi) is 3.89. The summed E-state index contributed by atoms with van der Waals surface area (Å²) in [5.74, 6) is 1.11. The number of aromatic nitrogens is 1. The number of nitrogens with zero attached hydrogens (tertiary/aromatic N) is 4. The molecule has 0 spiro atoms. The maximum Gasteiger partial charge on any atom is 0.328 e. The first-order valence-corrected chi connectivity index (χ1v) is 7.71. The first kappa shape index (κ1) is 15.3. The zero-order chi connectivity index (χ0) is 16.6. The summed E-state index contributed by atoms with van der Waals surface area (Å²) >= 11 is 0. The van der Waals surface area contributed by atoms with Crippen LogP contribution in [-0.4, -0.2) is 64.9 Å². The third-order valence-electron chi connectivity index (χ3n) is 4.13. The van der Waals surface area contributed by atoms with Crippen LogP contribution in [0.3, 0.4) is 0 Å². The number of rotatable bonds is 4. The maximum atomic E-state index is 12.5. The van der Waals surface area contributed by atoms with Crippen molar-refractivity contribution in [3.05, 3.63) is 23.9 Å². The van der Waals surface area contributed by atoms with Gasteiger partial charge in [0.1, 0.15) is 17.7 Å². The molecule has 0 aliphatic carbocycles. The van der Waals surface area contributed by atoms with Gasteiger partial charge in [0.25, 0.3) is 5.91 Å². The van der Waals surface area contributed by atoms with Crippen molar-refractivity contribution in [2.45, 2.75) is 26.1 Å². The number of amides is 3. The number of hydrogen-bond donors (Lipinski definition) is 2. The van der Waals surface area contributed by atoms with Crippen LogP contribution in [0.1, 0.15) is 19.4 Å². The van der Waals surface area contributed by atoms with Crippen molar-refractivity contribution in [3.63, 3.8) is 0 Å². The van der Waals surface area contributed by atoms with Crippen LogP contribution in [-0.2, 0) is 4.79 Å². The Bertz CT molecular complexity index is 656. The average molecular weight is 316 g/mol. The number of anilines is 1. The van der Waals surface area contributed by atoms with Gasteiger partial charge in [0, 0.05) is 31.9 Å². The van der Waals surface area contributed by atoms with E-state index < -0.39 is 12.2 Å². The molecule has 3 heterocycles. The van der Waals surface area contributed by atoms with E-state index in [9.17, 15) is 9.59 Å². The SMILES string of the molecule is CCN1C(=O)C2NC(c3ccc(NC)nc3)=NC2N(CC)C1=O. The Balaban J connectivity index is 1.91. The fraction of sp³-hybridized carbons (Fsp3) is 0.467. The van der Waals surface area contributed by atoms with E-state index in [-0.39, 0.29) is 11.9 Å². The molecule has 3 amide bonds. The van der Waals surface area contributed by atoms with E-state index >= 15 is 0 Å². The summed E-state index contributed by atoms with van der Waals surface area (Å²) in [6.07, 6.45) is 1.19. The lowest BCUT2D eigenvalue weighted by atomic mass is 10.1. The van der Waals surface area contributed by atoms with Gasteiger partial charge in [-0.05, 0) is 26.0 Å². The van der Waals surface area contributed by atoms with E-state index in [1.54, 1.807) is 25.1 Å². The molecule has 1 fully saturated rings. The number of nitrogens with one attached hydrogen (secondary N) is 2. The minimum Gasteiger partial charge on any atom is -0.373 e. The number of aliphatic imine (C=N–C) groups is 1. The molecular formula is C15H20N6O2. The molecule has 2 N–H and O–H groups in total. The summed E-state index contributed by atoms with van der Waals surface area (Å²) in [5, 5.41) is 6.10. The molecule has 23 heavy (non-hydrogen) atoms. The van der Waals surface area contributed by atoms with Gasteiger partial charge in [-0.2, -0.15) is 0 Å². The molecule has 1 aromatic heterocycles. The van der Waals surface area contributed by atoms with Crippen molar-refractivity contribution >= 4 is 23.6 Å². The lowest BCUT2D eigenvalue weighted by Gasteiger charge is -2.39. The molecule has 1 saturated heterocycles. The molecule has 2 aliphatic heterocycles. The predicted octanol–water partition coefficient (Wildman–Crippen LogP) is 0.472. The van der Waals surface area contributed by atoms with Crippen LogP contribution in [0.5, 0.6) is 0 Å². The largest absolute Gasteiger partial charge is 0.373 e. The molecule has 0 radical (unpaired) electrons. The minimum atomic E-state index is -0.536. The van der Waals surface area contributed by atoms with Crippen molar-refractivity contribution in [2.24, 2.45) is 4.99 Å². The number of hydrogen-bond acceptors (Lipinski definition) is 6. The standard InChI is InChI=1S/C15H20N6O2/c1-4-20-13-11(14(22)21(5-2)15(20)23)18-12(19-13)9-6-7-10(16-3)17-8-9/h6-8,11,13H,4-5H2,1-3H3,(H,16,17)(H,18,19).